The van der Waals surface area contributed by atoms with E-state index in [4.69, 9.17) is 4.74 Å². The topological polar surface area (TPSA) is 66.3 Å². The molecule has 0 atom stereocenters. The Morgan fingerprint density at radius 1 is 0.884 bits per heavy atom. The first kappa shape index (κ1) is 28.1. The maximum Gasteiger partial charge on any atom is 0.407 e. The van der Waals surface area contributed by atoms with Crippen molar-refractivity contribution in [1.29, 1.82) is 0 Å². The molecule has 0 fully saturated rings. The fraction of sp³-hybridized carbons (Fsp3) is 0.222. The van der Waals surface area contributed by atoms with Crippen molar-refractivity contribution in [3.8, 4) is 11.1 Å². The van der Waals surface area contributed by atoms with Gasteiger partial charge in [0.2, 0.25) is 0 Å². The van der Waals surface area contributed by atoms with E-state index in [9.17, 15) is 9.59 Å². The highest BCUT2D eigenvalue weighted by molar-refractivity contribution is 6.04. The Hall–Kier alpha value is -5.04. The molecular weight excluding hydrogens is 536 g/mol. The lowest BCUT2D eigenvalue weighted by Crippen LogP contribution is -2.38. The summed E-state index contributed by atoms with van der Waals surface area (Å²) in [7, 11) is 0. The first-order valence-electron chi connectivity index (χ1n) is 14.6. The van der Waals surface area contributed by atoms with Gasteiger partial charge in [-0.15, -0.1) is 0 Å². The van der Waals surface area contributed by atoms with Crippen LogP contribution >= 0.6 is 0 Å². The Labute approximate surface area is 252 Å². The van der Waals surface area contributed by atoms with Crippen LogP contribution in [0.1, 0.15) is 42.4 Å². The monoisotopic (exact) mass is 572 g/mol. The largest absolute Gasteiger partial charge is 0.444 e. The van der Waals surface area contributed by atoms with Gasteiger partial charge in [-0.3, -0.25) is 4.79 Å². The van der Waals surface area contributed by atoms with Gasteiger partial charge in [-0.05, 0) is 87.4 Å². The average molecular weight is 573 g/mol. The summed E-state index contributed by atoms with van der Waals surface area (Å²) in [5, 5.41) is 2.77. The fourth-order valence-corrected chi connectivity index (χ4v) is 5.70. The van der Waals surface area contributed by atoms with Crippen LogP contribution in [0.3, 0.4) is 0 Å². The number of benzene rings is 3. The molecule has 3 heterocycles. The van der Waals surface area contributed by atoms with Gasteiger partial charge in [-0.2, -0.15) is 0 Å². The van der Waals surface area contributed by atoms with Crippen LogP contribution in [-0.4, -0.2) is 40.0 Å². The minimum atomic E-state index is -0.576. The molecule has 2 aromatic heterocycles. The van der Waals surface area contributed by atoms with Gasteiger partial charge in [0, 0.05) is 54.0 Å². The van der Waals surface area contributed by atoms with Crippen LogP contribution in [0, 0.1) is 6.92 Å². The number of amides is 2. The molecule has 3 aromatic carbocycles. The van der Waals surface area contributed by atoms with Gasteiger partial charge >= 0.3 is 6.09 Å². The van der Waals surface area contributed by atoms with Gasteiger partial charge in [0.05, 0.1) is 5.52 Å². The van der Waals surface area contributed by atoms with Gasteiger partial charge in [0.15, 0.2) is 0 Å². The number of nitrogens with one attached hydrogen (secondary N) is 1. The van der Waals surface area contributed by atoms with E-state index in [0.717, 1.165) is 44.8 Å². The Kier molecular flexibility index (Phi) is 7.40. The second-order valence-electron chi connectivity index (χ2n) is 11.9. The van der Waals surface area contributed by atoms with Crippen LogP contribution in [0.2, 0.25) is 0 Å². The number of nitrogens with zero attached hydrogens (tertiary/aromatic N) is 3. The second-order valence-corrected chi connectivity index (χ2v) is 11.9. The van der Waals surface area contributed by atoms with Gasteiger partial charge in [-0.25, -0.2) is 4.79 Å². The molecule has 2 amide bonds. The lowest BCUT2D eigenvalue weighted by molar-refractivity contribution is 0.0515. The Balaban J connectivity index is 1.32. The Morgan fingerprint density at radius 3 is 2.09 bits per heavy atom. The lowest BCUT2D eigenvalue weighted by atomic mass is 10.0. The maximum atomic E-state index is 13.7. The molecule has 0 radical (unpaired) electrons. The van der Waals surface area contributed by atoms with Gasteiger partial charge < -0.3 is 24.3 Å². The average Bonchev–Trinajstić information content (AvgIpc) is 3.46. The number of hydrogen-bond acceptors (Lipinski definition) is 4. The quantitative estimate of drug-likeness (QED) is 0.216. The number of fused-ring (bicyclic) bond motifs is 3. The zero-order valence-electron chi connectivity index (χ0n) is 25.0. The van der Waals surface area contributed by atoms with Gasteiger partial charge in [-0.1, -0.05) is 48.5 Å². The first-order valence-corrected chi connectivity index (χ1v) is 14.6. The molecule has 0 saturated heterocycles. The molecule has 5 aromatic rings. The Morgan fingerprint density at radius 2 is 1.49 bits per heavy atom. The van der Waals surface area contributed by atoms with E-state index >= 15 is 0 Å². The summed E-state index contributed by atoms with van der Waals surface area (Å²) in [6.45, 7) is 8.72. The maximum absolute atomic E-state index is 13.7. The molecule has 43 heavy (non-hydrogen) atoms. The van der Waals surface area contributed by atoms with E-state index < -0.39 is 11.7 Å². The zero-order valence-corrected chi connectivity index (χ0v) is 25.0. The second kappa shape index (κ2) is 11.3. The number of hydrogen-bond donors (Lipinski definition) is 1. The summed E-state index contributed by atoms with van der Waals surface area (Å²) < 4.78 is 7.35. The fourth-order valence-electron chi connectivity index (χ4n) is 5.70. The van der Waals surface area contributed by atoms with Crippen molar-refractivity contribution in [2.45, 2.75) is 39.8 Å². The number of aryl methyl sites for hydroxylation is 1. The predicted molar refractivity (Wildman–Crippen MR) is 171 cm³/mol. The molecule has 0 saturated carbocycles. The number of ether oxygens (including phenoxy) is 1. The number of rotatable bonds is 7. The predicted octanol–water partition coefficient (Wildman–Crippen LogP) is 7.87. The summed E-state index contributed by atoms with van der Waals surface area (Å²) in [4.78, 5) is 29.8. The molecule has 1 N–H and O–H groups in total. The number of carbonyl (C=O) groups is 2. The van der Waals surface area contributed by atoms with Crippen LogP contribution in [-0.2, 0) is 11.3 Å². The lowest BCUT2D eigenvalue weighted by Gasteiger charge is -2.25. The molecule has 0 unspecified atom stereocenters. The molecule has 7 heteroatoms. The third kappa shape index (κ3) is 5.71. The number of anilines is 3. The van der Waals surface area contributed by atoms with Crippen molar-refractivity contribution >= 4 is 34.6 Å². The van der Waals surface area contributed by atoms with Gasteiger partial charge in [0.25, 0.3) is 5.91 Å². The van der Waals surface area contributed by atoms with E-state index in [0.29, 0.717) is 25.3 Å². The van der Waals surface area contributed by atoms with Gasteiger partial charge in [0.1, 0.15) is 11.3 Å². The summed E-state index contributed by atoms with van der Waals surface area (Å²) in [6, 6.07) is 33.4. The van der Waals surface area contributed by atoms with E-state index in [-0.39, 0.29) is 5.91 Å². The molecule has 1 aliphatic rings. The standard InChI is InChI=1S/C36H36N4O3/c1-25-19-21-39-31(23-25)32(30-24-38(34(41)33(30)39)22-20-37-35(42)43-36(2,3)4)26-15-17-29(18-16-26)40(27-11-7-5-8-12-27)28-13-9-6-10-14-28/h5-19,21,23H,20,22,24H2,1-4H3,(H,37,42). The number of para-hydroxylation sites is 2. The molecular formula is C36H36N4O3. The van der Waals surface area contributed by atoms with Crippen LogP contribution < -0.4 is 10.2 Å². The highest BCUT2D eigenvalue weighted by atomic mass is 16.6. The summed E-state index contributed by atoms with van der Waals surface area (Å²) >= 11 is 0. The zero-order chi connectivity index (χ0) is 30.1. The molecule has 1 aliphatic heterocycles. The van der Waals surface area contributed by atoms with Crippen LogP contribution in [0.5, 0.6) is 0 Å². The summed E-state index contributed by atoms with van der Waals surface area (Å²) in [5.74, 6) is -0.0398. The van der Waals surface area contributed by atoms with E-state index in [1.165, 1.54) is 0 Å². The minimum absolute atomic E-state index is 0.0398. The van der Waals surface area contributed by atoms with Crippen molar-refractivity contribution in [3.63, 3.8) is 0 Å². The highest BCUT2D eigenvalue weighted by Crippen LogP contribution is 2.41. The highest BCUT2D eigenvalue weighted by Gasteiger charge is 2.34. The van der Waals surface area contributed by atoms with Crippen molar-refractivity contribution < 1.29 is 14.3 Å². The van der Waals surface area contributed by atoms with E-state index in [1.54, 1.807) is 4.90 Å². The van der Waals surface area contributed by atoms with E-state index in [2.05, 4.69) is 71.7 Å². The Bertz CT molecular complexity index is 1730. The SMILES string of the molecule is Cc1ccn2c3c(c(-c4ccc(N(c5ccccc5)c5ccccc5)cc4)c2c1)CN(CCNC(=O)OC(C)(C)C)C3=O. The number of pyridine rings is 1. The number of aromatic nitrogens is 1. The van der Waals surface area contributed by atoms with Crippen molar-refractivity contribution in [2.75, 3.05) is 18.0 Å². The molecule has 0 aliphatic carbocycles. The number of alkyl carbamates (subject to hydrolysis) is 1. The normalized spacial score (nSPS) is 12.8. The third-order valence-corrected chi connectivity index (χ3v) is 7.53. The minimum Gasteiger partial charge on any atom is -0.444 e. The van der Waals surface area contributed by atoms with Crippen molar-refractivity contribution in [1.82, 2.24) is 14.6 Å². The molecule has 6 rings (SSSR count). The third-order valence-electron chi connectivity index (χ3n) is 7.53. The first-order chi connectivity index (χ1) is 20.7. The van der Waals surface area contributed by atoms with Crippen molar-refractivity contribution in [3.05, 3.63) is 120 Å². The smallest absolute Gasteiger partial charge is 0.407 e. The summed E-state index contributed by atoms with van der Waals surface area (Å²) in [6.07, 6.45) is 1.50. The molecule has 7 nitrogen and oxygen atoms in total. The van der Waals surface area contributed by atoms with Crippen LogP contribution in [0.25, 0.3) is 16.6 Å². The van der Waals surface area contributed by atoms with Crippen molar-refractivity contribution in [2.24, 2.45) is 0 Å². The van der Waals surface area contributed by atoms with Crippen LogP contribution in [0.4, 0.5) is 21.9 Å². The molecule has 0 spiro atoms. The van der Waals surface area contributed by atoms with Crippen LogP contribution in [0.15, 0.2) is 103 Å². The summed E-state index contributed by atoms with van der Waals surface area (Å²) in [5.41, 5.74) is 8.57. The van der Waals surface area contributed by atoms with E-state index in [1.807, 2.05) is 73.8 Å². The molecule has 0 bridgehead atoms. The molecule has 218 valence electrons. The number of carbonyl (C=O) groups excluding carboxylic acids is 2.